The molecule has 1 aromatic heterocycles. The van der Waals surface area contributed by atoms with E-state index >= 15 is 0 Å². The standard InChI is InChI=1S/C17H10F4NP/c18-11-4-6-15(13(20)9-11)23(17-3-1-2-8-22-17)16-7-5-12(19)10-14(16)21/h1-10H. The lowest BCUT2D eigenvalue weighted by Crippen LogP contribution is -2.26. The number of benzene rings is 2. The summed E-state index contributed by atoms with van der Waals surface area (Å²) in [6, 6.07) is 11.3. The molecule has 0 bridgehead atoms. The summed E-state index contributed by atoms with van der Waals surface area (Å²) in [5.74, 6) is -3.01. The molecule has 1 heterocycles. The fourth-order valence-corrected chi connectivity index (χ4v) is 4.36. The molecule has 0 unspecified atom stereocenters. The molecule has 0 atom stereocenters. The average molecular weight is 335 g/mol. The van der Waals surface area contributed by atoms with Gasteiger partial charge in [0.1, 0.15) is 23.3 Å². The SMILES string of the molecule is Fc1ccc(P(c2ccccn2)c2ccc(F)cc2F)c(F)c1. The van der Waals surface area contributed by atoms with Crippen molar-refractivity contribution in [3.8, 4) is 0 Å². The van der Waals surface area contributed by atoms with E-state index in [1.54, 1.807) is 18.2 Å². The van der Waals surface area contributed by atoms with E-state index < -0.39 is 31.2 Å². The topological polar surface area (TPSA) is 12.9 Å². The lowest BCUT2D eigenvalue weighted by atomic mass is 10.3. The van der Waals surface area contributed by atoms with Gasteiger partial charge in [0.2, 0.25) is 0 Å². The molecule has 6 heteroatoms. The molecule has 116 valence electrons. The highest BCUT2D eigenvalue weighted by molar-refractivity contribution is 7.79. The summed E-state index contributed by atoms with van der Waals surface area (Å²) in [6.45, 7) is 0. The summed E-state index contributed by atoms with van der Waals surface area (Å²) in [7, 11) is -1.71. The van der Waals surface area contributed by atoms with Crippen LogP contribution in [0.4, 0.5) is 17.6 Å². The normalized spacial score (nSPS) is 11.0. The lowest BCUT2D eigenvalue weighted by Gasteiger charge is -2.19. The first-order chi connectivity index (χ1) is 11.1. The van der Waals surface area contributed by atoms with Gasteiger partial charge in [-0.25, -0.2) is 17.6 Å². The molecule has 0 radical (unpaired) electrons. The van der Waals surface area contributed by atoms with Crippen LogP contribution < -0.4 is 16.0 Å². The molecule has 0 saturated carbocycles. The Morgan fingerprint density at radius 1 is 0.696 bits per heavy atom. The average Bonchev–Trinajstić information content (AvgIpc) is 2.52. The minimum absolute atomic E-state index is 0.130. The van der Waals surface area contributed by atoms with E-state index in [-0.39, 0.29) is 10.6 Å². The van der Waals surface area contributed by atoms with Crippen LogP contribution in [0.25, 0.3) is 0 Å². The number of rotatable bonds is 3. The number of pyridine rings is 1. The molecular formula is C17H10F4NP. The van der Waals surface area contributed by atoms with Crippen molar-refractivity contribution in [1.82, 2.24) is 4.98 Å². The first kappa shape index (κ1) is 15.6. The zero-order chi connectivity index (χ0) is 16.4. The molecule has 3 rings (SSSR count). The van der Waals surface area contributed by atoms with Crippen LogP contribution in [0, 0.1) is 23.3 Å². The second-order valence-corrected chi connectivity index (χ2v) is 6.81. The molecule has 3 aromatic rings. The first-order valence-electron chi connectivity index (χ1n) is 6.67. The molecule has 0 aliphatic carbocycles. The highest BCUT2D eigenvalue weighted by Gasteiger charge is 2.24. The van der Waals surface area contributed by atoms with Crippen molar-refractivity contribution in [2.75, 3.05) is 0 Å². The summed E-state index contributed by atoms with van der Waals surface area (Å²) in [4.78, 5) is 4.17. The van der Waals surface area contributed by atoms with E-state index in [2.05, 4.69) is 4.98 Å². The molecule has 0 aliphatic rings. The Kier molecular flexibility index (Phi) is 4.39. The number of halogens is 4. The second-order valence-electron chi connectivity index (χ2n) is 4.71. The smallest absolute Gasteiger partial charge is 0.134 e. The Balaban J connectivity index is 2.22. The van der Waals surface area contributed by atoms with Gasteiger partial charge in [0.05, 0.1) is 5.44 Å². The van der Waals surface area contributed by atoms with Crippen molar-refractivity contribution < 1.29 is 17.6 Å². The highest BCUT2D eigenvalue weighted by atomic mass is 31.1. The van der Waals surface area contributed by atoms with Gasteiger partial charge in [0.15, 0.2) is 0 Å². The Morgan fingerprint density at radius 3 is 1.70 bits per heavy atom. The molecule has 1 nitrogen and oxygen atoms in total. The zero-order valence-corrected chi connectivity index (χ0v) is 12.6. The van der Waals surface area contributed by atoms with E-state index in [0.717, 1.165) is 24.3 Å². The third-order valence-corrected chi connectivity index (χ3v) is 5.59. The Labute approximate surface area is 131 Å². The largest absolute Gasteiger partial charge is 0.256 e. The van der Waals surface area contributed by atoms with Gasteiger partial charge in [0.25, 0.3) is 0 Å². The number of hydrogen-bond donors (Lipinski definition) is 0. The molecule has 0 saturated heterocycles. The van der Waals surface area contributed by atoms with Gasteiger partial charge in [0, 0.05) is 36.9 Å². The monoisotopic (exact) mass is 335 g/mol. The van der Waals surface area contributed by atoms with Crippen LogP contribution in [0.2, 0.25) is 0 Å². The highest BCUT2D eigenvalue weighted by Crippen LogP contribution is 2.34. The van der Waals surface area contributed by atoms with Crippen molar-refractivity contribution in [2.24, 2.45) is 0 Å². The molecule has 0 N–H and O–H groups in total. The van der Waals surface area contributed by atoms with Gasteiger partial charge >= 0.3 is 0 Å². The summed E-state index contributed by atoms with van der Waals surface area (Å²) >= 11 is 0. The van der Waals surface area contributed by atoms with Crippen LogP contribution in [0.15, 0.2) is 60.8 Å². The molecule has 23 heavy (non-hydrogen) atoms. The van der Waals surface area contributed by atoms with Crippen molar-refractivity contribution in [1.29, 1.82) is 0 Å². The Hall–Kier alpha value is -2.26. The maximum absolute atomic E-state index is 14.2. The molecule has 0 spiro atoms. The summed E-state index contributed by atoms with van der Waals surface area (Å²) in [6.07, 6.45) is 1.51. The second kappa shape index (κ2) is 6.47. The van der Waals surface area contributed by atoms with Crippen LogP contribution in [0.3, 0.4) is 0 Å². The maximum Gasteiger partial charge on any atom is 0.134 e. The van der Waals surface area contributed by atoms with Crippen LogP contribution in [-0.4, -0.2) is 4.98 Å². The van der Waals surface area contributed by atoms with Crippen LogP contribution in [0.1, 0.15) is 0 Å². The van der Waals surface area contributed by atoms with Crippen molar-refractivity contribution in [3.63, 3.8) is 0 Å². The maximum atomic E-state index is 14.2. The van der Waals surface area contributed by atoms with Gasteiger partial charge in [-0.2, -0.15) is 0 Å². The van der Waals surface area contributed by atoms with Crippen LogP contribution in [-0.2, 0) is 0 Å². The summed E-state index contributed by atoms with van der Waals surface area (Å²) < 4.78 is 54.8. The minimum atomic E-state index is -1.71. The van der Waals surface area contributed by atoms with E-state index in [4.69, 9.17) is 0 Å². The third-order valence-electron chi connectivity index (χ3n) is 3.18. The quantitative estimate of drug-likeness (QED) is 0.528. The fourth-order valence-electron chi connectivity index (χ4n) is 2.19. The van der Waals surface area contributed by atoms with Gasteiger partial charge < -0.3 is 0 Å². The van der Waals surface area contributed by atoms with E-state index in [1.165, 1.54) is 18.3 Å². The van der Waals surface area contributed by atoms with Crippen molar-refractivity contribution >= 4 is 24.0 Å². The van der Waals surface area contributed by atoms with Gasteiger partial charge in [-0.3, -0.25) is 4.98 Å². The van der Waals surface area contributed by atoms with Gasteiger partial charge in [-0.15, -0.1) is 0 Å². The van der Waals surface area contributed by atoms with Crippen LogP contribution in [0.5, 0.6) is 0 Å². The lowest BCUT2D eigenvalue weighted by molar-refractivity contribution is 0.588. The molecule has 0 amide bonds. The number of nitrogens with zero attached hydrogens (tertiary/aromatic N) is 1. The Bertz CT molecular complexity index is 788. The zero-order valence-electron chi connectivity index (χ0n) is 11.7. The molecule has 2 aromatic carbocycles. The Morgan fingerprint density at radius 2 is 1.26 bits per heavy atom. The predicted molar refractivity (Wildman–Crippen MR) is 82.8 cm³/mol. The molecule has 0 fully saturated rings. The fraction of sp³-hybridized carbons (Fsp3) is 0. The van der Waals surface area contributed by atoms with Crippen molar-refractivity contribution in [3.05, 3.63) is 84.1 Å². The molecule has 0 aliphatic heterocycles. The van der Waals surface area contributed by atoms with Gasteiger partial charge in [-0.05, 0) is 36.4 Å². The van der Waals surface area contributed by atoms with Crippen LogP contribution >= 0.6 is 7.92 Å². The van der Waals surface area contributed by atoms with E-state index in [9.17, 15) is 17.6 Å². The summed E-state index contributed by atoms with van der Waals surface area (Å²) in [5, 5.41) is 0.260. The van der Waals surface area contributed by atoms with E-state index in [1.807, 2.05) is 0 Å². The molecular weight excluding hydrogens is 325 g/mol. The summed E-state index contributed by atoms with van der Waals surface area (Å²) in [5.41, 5.74) is 0.443. The predicted octanol–water partition coefficient (Wildman–Crippen LogP) is 3.40. The minimum Gasteiger partial charge on any atom is -0.256 e. The van der Waals surface area contributed by atoms with Crippen molar-refractivity contribution in [2.45, 2.75) is 0 Å². The third kappa shape index (κ3) is 3.25. The number of hydrogen-bond acceptors (Lipinski definition) is 1. The first-order valence-corrected chi connectivity index (χ1v) is 8.01. The van der Waals surface area contributed by atoms with Gasteiger partial charge in [-0.1, -0.05) is 6.07 Å². The number of aromatic nitrogens is 1. The van der Waals surface area contributed by atoms with E-state index in [0.29, 0.717) is 5.44 Å².